The van der Waals surface area contributed by atoms with Gasteiger partial charge in [-0.1, -0.05) is 0 Å². The zero-order chi connectivity index (χ0) is 8.27. The lowest BCUT2D eigenvalue weighted by atomic mass is 10.3. The lowest BCUT2D eigenvalue weighted by Gasteiger charge is -2.00. The van der Waals surface area contributed by atoms with Crippen LogP contribution in [-0.4, -0.2) is 15.3 Å². The fourth-order valence-electron chi connectivity index (χ4n) is 1.02. The van der Waals surface area contributed by atoms with Crippen molar-refractivity contribution >= 4 is 5.78 Å². The summed E-state index contributed by atoms with van der Waals surface area (Å²) in [7, 11) is 0. The Morgan fingerprint density at radius 3 is 3.00 bits per heavy atom. The van der Waals surface area contributed by atoms with E-state index in [9.17, 15) is 4.79 Å². The summed E-state index contributed by atoms with van der Waals surface area (Å²) in [5.41, 5.74) is 0. The highest BCUT2D eigenvalue weighted by atomic mass is 16.1. The number of hydrogen-bond donors (Lipinski definition) is 0. The minimum Gasteiger partial charge on any atom is -0.335 e. The third-order valence-corrected chi connectivity index (χ3v) is 1.55. The van der Waals surface area contributed by atoms with Crippen LogP contribution < -0.4 is 0 Å². The van der Waals surface area contributed by atoms with Crippen LogP contribution in [0.4, 0.5) is 0 Å². The van der Waals surface area contributed by atoms with E-state index in [0.29, 0.717) is 6.42 Å². The molecule has 3 nitrogen and oxygen atoms in total. The molecule has 1 aromatic rings. The maximum absolute atomic E-state index is 10.7. The van der Waals surface area contributed by atoms with Gasteiger partial charge in [-0.3, -0.25) is 4.79 Å². The number of aryl methyl sites for hydroxylation is 1. The summed E-state index contributed by atoms with van der Waals surface area (Å²) in [5.74, 6) is 1.02. The van der Waals surface area contributed by atoms with Crippen molar-refractivity contribution in [3.05, 3.63) is 18.2 Å². The van der Waals surface area contributed by atoms with Crippen molar-refractivity contribution in [2.45, 2.75) is 26.8 Å². The number of ketones is 1. The lowest BCUT2D eigenvalue weighted by molar-refractivity contribution is -0.116. The summed E-state index contributed by atoms with van der Waals surface area (Å²) in [6.07, 6.45) is 4.06. The Hall–Kier alpha value is -1.12. The number of carbonyl (C=O) groups is 1. The monoisotopic (exact) mass is 152 g/mol. The van der Waals surface area contributed by atoms with E-state index in [1.54, 1.807) is 13.1 Å². The SMILES string of the molecule is CCn1ccnc1CC(C)=O. The Labute approximate surface area is 66.1 Å². The predicted molar refractivity (Wildman–Crippen MR) is 42.3 cm³/mol. The van der Waals surface area contributed by atoms with Crippen molar-refractivity contribution in [2.24, 2.45) is 0 Å². The van der Waals surface area contributed by atoms with Gasteiger partial charge in [-0.25, -0.2) is 4.98 Å². The highest BCUT2D eigenvalue weighted by molar-refractivity contribution is 5.77. The number of aromatic nitrogens is 2. The molecule has 0 unspecified atom stereocenters. The first-order valence-corrected chi connectivity index (χ1v) is 3.73. The van der Waals surface area contributed by atoms with Crippen molar-refractivity contribution in [3.8, 4) is 0 Å². The Balaban J connectivity index is 2.76. The number of imidazole rings is 1. The van der Waals surface area contributed by atoms with E-state index >= 15 is 0 Å². The smallest absolute Gasteiger partial charge is 0.137 e. The molecule has 0 aromatic carbocycles. The normalized spacial score (nSPS) is 10.0. The van der Waals surface area contributed by atoms with E-state index < -0.39 is 0 Å². The molecule has 60 valence electrons. The third kappa shape index (κ3) is 1.90. The van der Waals surface area contributed by atoms with Gasteiger partial charge < -0.3 is 4.57 Å². The second kappa shape index (κ2) is 3.32. The highest BCUT2D eigenvalue weighted by Crippen LogP contribution is 1.98. The molecule has 11 heavy (non-hydrogen) atoms. The molecule has 0 N–H and O–H groups in total. The molecule has 0 radical (unpaired) electrons. The van der Waals surface area contributed by atoms with E-state index in [1.165, 1.54) is 0 Å². The van der Waals surface area contributed by atoms with Gasteiger partial charge >= 0.3 is 0 Å². The second-order valence-electron chi connectivity index (χ2n) is 2.51. The van der Waals surface area contributed by atoms with E-state index in [2.05, 4.69) is 4.98 Å². The largest absolute Gasteiger partial charge is 0.335 e. The Kier molecular flexibility index (Phi) is 2.41. The fraction of sp³-hybridized carbons (Fsp3) is 0.500. The molecular formula is C8H12N2O. The van der Waals surface area contributed by atoms with Gasteiger partial charge in [-0.05, 0) is 13.8 Å². The molecule has 0 aliphatic rings. The summed E-state index contributed by atoms with van der Waals surface area (Å²) < 4.78 is 1.97. The van der Waals surface area contributed by atoms with Crippen LogP contribution in [0.15, 0.2) is 12.4 Å². The van der Waals surface area contributed by atoms with Crippen LogP contribution in [0.5, 0.6) is 0 Å². The molecule has 0 saturated heterocycles. The van der Waals surface area contributed by atoms with Gasteiger partial charge in [0.15, 0.2) is 0 Å². The van der Waals surface area contributed by atoms with Crippen molar-refractivity contribution in [3.63, 3.8) is 0 Å². The van der Waals surface area contributed by atoms with Crippen molar-refractivity contribution < 1.29 is 4.79 Å². The maximum Gasteiger partial charge on any atom is 0.137 e. The van der Waals surface area contributed by atoms with Gasteiger partial charge in [0.1, 0.15) is 11.6 Å². The first kappa shape index (κ1) is 7.98. The molecule has 0 atom stereocenters. The first-order chi connectivity index (χ1) is 5.24. The van der Waals surface area contributed by atoms with Gasteiger partial charge in [0.25, 0.3) is 0 Å². The molecule has 0 spiro atoms. The number of nitrogens with zero attached hydrogens (tertiary/aromatic N) is 2. The minimum absolute atomic E-state index is 0.158. The molecule has 0 aliphatic carbocycles. The summed E-state index contributed by atoms with van der Waals surface area (Å²) in [6, 6.07) is 0. The van der Waals surface area contributed by atoms with E-state index in [0.717, 1.165) is 12.4 Å². The average molecular weight is 152 g/mol. The zero-order valence-electron chi connectivity index (χ0n) is 6.87. The quantitative estimate of drug-likeness (QED) is 0.648. The molecule has 0 fully saturated rings. The molecular weight excluding hydrogens is 140 g/mol. The van der Waals surface area contributed by atoms with E-state index in [4.69, 9.17) is 0 Å². The van der Waals surface area contributed by atoms with Gasteiger partial charge in [-0.15, -0.1) is 0 Å². The van der Waals surface area contributed by atoms with Crippen LogP contribution in [-0.2, 0) is 17.8 Å². The molecule has 0 bridgehead atoms. The predicted octanol–water partition coefficient (Wildman–Crippen LogP) is 1.03. The van der Waals surface area contributed by atoms with Crippen LogP contribution in [0.1, 0.15) is 19.7 Å². The van der Waals surface area contributed by atoms with Gasteiger partial charge in [-0.2, -0.15) is 0 Å². The zero-order valence-corrected chi connectivity index (χ0v) is 6.87. The Bertz CT molecular complexity index is 252. The van der Waals surface area contributed by atoms with Crippen LogP contribution >= 0.6 is 0 Å². The lowest BCUT2D eigenvalue weighted by Crippen LogP contribution is -2.05. The molecule has 3 heteroatoms. The second-order valence-corrected chi connectivity index (χ2v) is 2.51. The molecule has 1 heterocycles. The first-order valence-electron chi connectivity index (χ1n) is 3.73. The summed E-state index contributed by atoms with van der Waals surface area (Å²) in [4.78, 5) is 14.8. The van der Waals surface area contributed by atoms with Crippen molar-refractivity contribution in [1.29, 1.82) is 0 Å². The van der Waals surface area contributed by atoms with Gasteiger partial charge in [0.05, 0.1) is 6.42 Å². The number of Topliss-reactive ketones (excluding diaryl/α,β-unsaturated/α-hetero) is 1. The van der Waals surface area contributed by atoms with E-state index in [-0.39, 0.29) is 5.78 Å². The maximum atomic E-state index is 10.7. The fourth-order valence-corrected chi connectivity index (χ4v) is 1.02. The molecule has 1 aromatic heterocycles. The minimum atomic E-state index is 0.158. The molecule has 1 rings (SSSR count). The van der Waals surface area contributed by atoms with Gasteiger partial charge in [0, 0.05) is 18.9 Å². The highest BCUT2D eigenvalue weighted by Gasteiger charge is 2.02. The average Bonchev–Trinajstić information content (AvgIpc) is 2.34. The third-order valence-electron chi connectivity index (χ3n) is 1.55. The number of carbonyl (C=O) groups excluding carboxylic acids is 1. The summed E-state index contributed by atoms with van der Waals surface area (Å²) in [5, 5.41) is 0. The van der Waals surface area contributed by atoms with Crippen LogP contribution in [0.3, 0.4) is 0 Å². The standard InChI is InChI=1S/C8H12N2O/c1-3-10-5-4-9-8(10)6-7(2)11/h4-5H,3,6H2,1-2H3. The van der Waals surface area contributed by atoms with Gasteiger partial charge in [0.2, 0.25) is 0 Å². The Morgan fingerprint density at radius 1 is 1.73 bits per heavy atom. The van der Waals surface area contributed by atoms with Crippen molar-refractivity contribution in [1.82, 2.24) is 9.55 Å². The summed E-state index contributed by atoms with van der Waals surface area (Å²) >= 11 is 0. The van der Waals surface area contributed by atoms with Crippen molar-refractivity contribution in [2.75, 3.05) is 0 Å². The van der Waals surface area contributed by atoms with Crippen LogP contribution in [0.25, 0.3) is 0 Å². The van der Waals surface area contributed by atoms with E-state index in [1.807, 2.05) is 17.7 Å². The molecule has 0 aliphatic heterocycles. The number of hydrogen-bond acceptors (Lipinski definition) is 2. The molecule has 0 saturated carbocycles. The number of rotatable bonds is 3. The summed E-state index contributed by atoms with van der Waals surface area (Å²) in [6.45, 7) is 4.49. The molecule has 0 amide bonds. The van der Waals surface area contributed by atoms with Crippen LogP contribution in [0, 0.1) is 0 Å². The van der Waals surface area contributed by atoms with Crippen LogP contribution in [0.2, 0.25) is 0 Å². The Morgan fingerprint density at radius 2 is 2.45 bits per heavy atom. The topological polar surface area (TPSA) is 34.9 Å².